The Balaban J connectivity index is 2.21. The number of hydrogen-bond donors (Lipinski definition) is 1. The zero-order chi connectivity index (χ0) is 14.2. The fourth-order valence-electron chi connectivity index (χ4n) is 2.52. The van der Waals surface area contributed by atoms with E-state index >= 15 is 0 Å². The highest BCUT2D eigenvalue weighted by Crippen LogP contribution is 2.17. The van der Waals surface area contributed by atoms with E-state index in [1.807, 2.05) is 6.92 Å². The quantitative estimate of drug-likeness (QED) is 0.768. The van der Waals surface area contributed by atoms with Gasteiger partial charge in [-0.1, -0.05) is 6.92 Å². The van der Waals surface area contributed by atoms with Gasteiger partial charge < -0.3 is 5.11 Å². The van der Waals surface area contributed by atoms with Gasteiger partial charge in [-0.05, 0) is 12.3 Å². The van der Waals surface area contributed by atoms with E-state index in [4.69, 9.17) is 0 Å². The molecule has 2 atom stereocenters. The second-order valence-electron chi connectivity index (χ2n) is 5.44. The van der Waals surface area contributed by atoms with Gasteiger partial charge in [-0.15, -0.1) is 0 Å². The van der Waals surface area contributed by atoms with E-state index in [0.717, 1.165) is 29.8 Å². The average molecular weight is 267 g/mol. The van der Waals surface area contributed by atoms with E-state index in [1.165, 1.54) is 17.7 Å². The Hall–Kier alpha value is -1.40. The van der Waals surface area contributed by atoms with Crippen molar-refractivity contribution in [2.24, 2.45) is 20.0 Å². The van der Waals surface area contributed by atoms with Crippen LogP contribution in [0.2, 0.25) is 0 Å². The first-order valence-electron chi connectivity index (χ1n) is 6.56. The third-order valence-corrected chi connectivity index (χ3v) is 3.96. The zero-order valence-corrected chi connectivity index (χ0v) is 11.7. The molecule has 1 aliphatic heterocycles. The Bertz CT molecular complexity index is 575. The minimum absolute atomic E-state index is 0.220. The largest absolute Gasteiger partial charge is 0.393 e. The smallest absolute Gasteiger partial charge is 0.330 e. The van der Waals surface area contributed by atoms with E-state index < -0.39 is 0 Å². The summed E-state index contributed by atoms with van der Waals surface area (Å²) in [7, 11) is 3.16. The monoisotopic (exact) mass is 267 g/mol. The van der Waals surface area contributed by atoms with Gasteiger partial charge >= 0.3 is 5.69 Å². The van der Waals surface area contributed by atoms with Crippen LogP contribution >= 0.6 is 0 Å². The first kappa shape index (κ1) is 14.0. The fraction of sp³-hybridized carbons (Fsp3) is 0.692. The molecule has 2 unspecified atom stereocenters. The molecule has 1 N–H and O–H groups in total. The second-order valence-corrected chi connectivity index (χ2v) is 5.44. The van der Waals surface area contributed by atoms with Crippen molar-refractivity contribution in [1.82, 2.24) is 14.0 Å². The Labute approximate surface area is 111 Å². The zero-order valence-electron chi connectivity index (χ0n) is 11.7. The molecule has 106 valence electrons. The number of hydrogen-bond acceptors (Lipinski definition) is 4. The number of likely N-dealkylation sites (tertiary alicyclic amines) is 1. The topological polar surface area (TPSA) is 67.5 Å². The molecule has 0 aromatic carbocycles. The van der Waals surface area contributed by atoms with Crippen LogP contribution in [-0.4, -0.2) is 38.3 Å². The standard InChI is InChI=1S/C13H21N3O3/c1-9-7-16(5-4-11(9)17)8-10-6-12(18)15(3)13(19)14(10)2/h6,9,11,17H,4-5,7-8H2,1-3H3. The lowest BCUT2D eigenvalue weighted by molar-refractivity contribution is 0.0311. The summed E-state index contributed by atoms with van der Waals surface area (Å²) >= 11 is 0. The van der Waals surface area contributed by atoms with Crippen molar-refractivity contribution in [3.05, 3.63) is 32.6 Å². The van der Waals surface area contributed by atoms with E-state index in [1.54, 1.807) is 7.05 Å². The van der Waals surface area contributed by atoms with Gasteiger partial charge in [-0.2, -0.15) is 0 Å². The third kappa shape index (κ3) is 2.79. The number of piperidine rings is 1. The summed E-state index contributed by atoms with van der Waals surface area (Å²) in [6.07, 6.45) is 0.490. The highest BCUT2D eigenvalue weighted by Gasteiger charge is 2.24. The first-order chi connectivity index (χ1) is 8.90. The summed E-state index contributed by atoms with van der Waals surface area (Å²) in [5, 5.41) is 9.71. The van der Waals surface area contributed by atoms with Gasteiger partial charge in [0.1, 0.15) is 0 Å². The summed E-state index contributed by atoms with van der Waals surface area (Å²) in [5.41, 5.74) is 0.146. The van der Waals surface area contributed by atoms with Crippen LogP contribution < -0.4 is 11.2 Å². The number of nitrogens with zero attached hydrogens (tertiary/aromatic N) is 3. The maximum atomic E-state index is 11.8. The average Bonchev–Trinajstić information content (AvgIpc) is 2.38. The van der Waals surface area contributed by atoms with Crippen molar-refractivity contribution in [2.75, 3.05) is 13.1 Å². The van der Waals surface area contributed by atoms with Gasteiger partial charge in [-0.25, -0.2) is 4.79 Å². The maximum Gasteiger partial charge on any atom is 0.330 e. The molecule has 6 heteroatoms. The SMILES string of the molecule is CC1CN(Cc2cc(=O)n(C)c(=O)n2C)CCC1O. The van der Waals surface area contributed by atoms with Crippen molar-refractivity contribution in [3.8, 4) is 0 Å². The van der Waals surface area contributed by atoms with Crippen LogP contribution in [-0.2, 0) is 20.6 Å². The van der Waals surface area contributed by atoms with Crippen molar-refractivity contribution in [3.63, 3.8) is 0 Å². The molecule has 0 aliphatic carbocycles. The summed E-state index contributed by atoms with van der Waals surface area (Å²) in [6, 6.07) is 1.51. The summed E-state index contributed by atoms with van der Waals surface area (Å²) in [5.74, 6) is 0.220. The molecule has 1 fully saturated rings. The predicted octanol–water partition coefficient (Wildman–Crippen LogP) is -0.713. The Morgan fingerprint density at radius 3 is 2.63 bits per heavy atom. The molecule has 2 rings (SSSR count). The van der Waals surface area contributed by atoms with Crippen molar-refractivity contribution in [1.29, 1.82) is 0 Å². The summed E-state index contributed by atoms with van der Waals surface area (Å²) in [6.45, 7) is 4.15. The number of aromatic nitrogens is 2. The third-order valence-electron chi connectivity index (χ3n) is 3.96. The Kier molecular flexibility index (Phi) is 3.91. The molecule has 0 bridgehead atoms. The number of aliphatic hydroxyl groups is 1. The van der Waals surface area contributed by atoms with Gasteiger partial charge in [0.2, 0.25) is 0 Å². The van der Waals surface area contributed by atoms with Gasteiger partial charge in [0.25, 0.3) is 5.56 Å². The lowest BCUT2D eigenvalue weighted by Crippen LogP contribution is -2.44. The van der Waals surface area contributed by atoms with Gasteiger partial charge in [0, 0.05) is 45.5 Å². The van der Waals surface area contributed by atoms with Crippen LogP contribution in [0.3, 0.4) is 0 Å². The molecule has 6 nitrogen and oxygen atoms in total. The highest BCUT2D eigenvalue weighted by molar-refractivity contribution is 5.02. The minimum atomic E-state index is -0.299. The van der Waals surface area contributed by atoms with Crippen LogP contribution in [0.4, 0.5) is 0 Å². The lowest BCUT2D eigenvalue weighted by atomic mass is 9.97. The first-order valence-corrected chi connectivity index (χ1v) is 6.56. The minimum Gasteiger partial charge on any atom is -0.393 e. The molecule has 1 aliphatic rings. The molecule has 1 saturated heterocycles. The molecule has 0 radical (unpaired) electrons. The molecule has 1 aromatic heterocycles. The molecule has 0 amide bonds. The van der Waals surface area contributed by atoms with Crippen LogP contribution in [0.1, 0.15) is 19.0 Å². The van der Waals surface area contributed by atoms with Crippen molar-refractivity contribution < 1.29 is 5.11 Å². The number of aliphatic hydroxyl groups excluding tert-OH is 1. The second kappa shape index (κ2) is 5.30. The van der Waals surface area contributed by atoms with Gasteiger partial charge in [0.15, 0.2) is 0 Å². The summed E-state index contributed by atoms with van der Waals surface area (Å²) in [4.78, 5) is 25.7. The Morgan fingerprint density at radius 2 is 2.00 bits per heavy atom. The van der Waals surface area contributed by atoms with Crippen LogP contribution in [0, 0.1) is 5.92 Å². The van der Waals surface area contributed by atoms with E-state index in [-0.39, 0.29) is 23.3 Å². The molecule has 0 spiro atoms. The van der Waals surface area contributed by atoms with Crippen LogP contribution in [0.15, 0.2) is 15.7 Å². The molecule has 19 heavy (non-hydrogen) atoms. The maximum absolute atomic E-state index is 11.8. The predicted molar refractivity (Wildman–Crippen MR) is 72.0 cm³/mol. The van der Waals surface area contributed by atoms with E-state index in [0.29, 0.717) is 6.54 Å². The normalized spacial score (nSPS) is 24.6. The molecular weight excluding hydrogens is 246 g/mol. The molecule has 0 saturated carbocycles. The number of rotatable bonds is 2. The van der Waals surface area contributed by atoms with E-state index in [2.05, 4.69) is 4.90 Å². The summed E-state index contributed by atoms with van der Waals surface area (Å²) < 4.78 is 2.61. The van der Waals surface area contributed by atoms with Crippen LogP contribution in [0.25, 0.3) is 0 Å². The Morgan fingerprint density at radius 1 is 1.32 bits per heavy atom. The highest BCUT2D eigenvalue weighted by atomic mass is 16.3. The van der Waals surface area contributed by atoms with E-state index in [9.17, 15) is 14.7 Å². The fourth-order valence-corrected chi connectivity index (χ4v) is 2.52. The van der Waals surface area contributed by atoms with Gasteiger partial charge in [-0.3, -0.25) is 18.8 Å². The van der Waals surface area contributed by atoms with Crippen molar-refractivity contribution in [2.45, 2.75) is 26.0 Å². The molecule has 2 heterocycles. The van der Waals surface area contributed by atoms with Crippen LogP contribution in [0.5, 0.6) is 0 Å². The lowest BCUT2D eigenvalue weighted by Gasteiger charge is -2.34. The van der Waals surface area contributed by atoms with Gasteiger partial charge in [0.05, 0.1) is 6.10 Å². The van der Waals surface area contributed by atoms with Crippen molar-refractivity contribution >= 4 is 0 Å². The molecule has 1 aromatic rings. The molecular formula is C13H21N3O3.